The molecule has 122 valence electrons. The van der Waals surface area contributed by atoms with Crippen molar-refractivity contribution in [3.63, 3.8) is 0 Å². The van der Waals surface area contributed by atoms with Crippen molar-refractivity contribution in [3.05, 3.63) is 52.8 Å². The first-order chi connectivity index (χ1) is 10.4. The fourth-order valence-corrected chi connectivity index (χ4v) is 1.77. The third-order valence-electron chi connectivity index (χ3n) is 3.12. The number of halogens is 2. The van der Waals surface area contributed by atoms with Gasteiger partial charge in [0.25, 0.3) is 6.08 Å². The highest BCUT2D eigenvalue weighted by molar-refractivity contribution is 5.16. The van der Waals surface area contributed by atoms with Gasteiger partial charge in [-0.2, -0.15) is 13.9 Å². The van der Waals surface area contributed by atoms with Crippen LogP contribution < -0.4 is 11.4 Å². The number of allylic oxidation sites excluding steroid dienone is 3. The van der Waals surface area contributed by atoms with Crippen molar-refractivity contribution < 1.29 is 8.78 Å². The summed E-state index contributed by atoms with van der Waals surface area (Å²) in [5, 5.41) is 3.85. The third kappa shape index (κ3) is 5.07. The molecule has 0 radical (unpaired) electrons. The summed E-state index contributed by atoms with van der Waals surface area (Å²) in [5.41, 5.74) is 5.38. The second kappa shape index (κ2) is 8.43. The lowest BCUT2D eigenvalue weighted by atomic mass is 10.1. The normalized spacial score (nSPS) is 11.8. The van der Waals surface area contributed by atoms with Gasteiger partial charge in [-0.1, -0.05) is 32.6 Å². The van der Waals surface area contributed by atoms with E-state index in [-0.39, 0.29) is 18.7 Å². The predicted octanol–water partition coefficient (Wildman–Crippen LogP) is 2.31. The van der Waals surface area contributed by atoms with Crippen LogP contribution in [0.1, 0.15) is 20.3 Å². The Bertz CT molecular complexity index is 622. The maximum absolute atomic E-state index is 12.6. The molecule has 0 unspecified atom stereocenters. The van der Waals surface area contributed by atoms with Crippen molar-refractivity contribution in [2.75, 3.05) is 6.54 Å². The summed E-state index contributed by atoms with van der Waals surface area (Å²) >= 11 is 0. The summed E-state index contributed by atoms with van der Waals surface area (Å²) in [6.45, 7) is 7.61. The molecule has 0 atom stereocenters. The smallest absolute Gasteiger partial charge is 0.327 e. The second-order valence-electron chi connectivity index (χ2n) is 5.38. The fourth-order valence-electron chi connectivity index (χ4n) is 1.77. The van der Waals surface area contributed by atoms with Crippen LogP contribution in [0.15, 0.2) is 47.1 Å². The zero-order valence-electron chi connectivity index (χ0n) is 12.9. The molecule has 0 spiro atoms. The first kappa shape index (κ1) is 18.0. The molecule has 0 aliphatic rings. The predicted molar refractivity (Wildman–Crippen MR) is 82.5 cm³/mol. The van der Waals surface area contributed by atoms with E-state index in [4.69, 9.17) is 5.73 Å². The molecule has 0 saturated carbocycles. The van der Waals surface area contributed by atoms with Gasteiger partial charge in [-0.25, -0.2) is 9.48 Å². The van der Waals surface area contributed by atoms with Crippen LogP contribution in [0.4, 0.5) is 8.78 Å². The van der Waals surface area contributed by atoms with Crippen molar-refractivity contribution in [2.24, 2.45) is 11.7 Å². The van der Waals surface area contributed by atoms with E-state index in [1.807, 2.05) is 6.08 Å². The van der Waals surface area contributed by atoms with Crippen LogP contribution in [-0.4, -0.2) is 20.9 Å². The topological polar surface area (TPSA) is 65.8 Å². The minimum atomic E-state index is -1.87. The maximum Gasteiger partial charge on any atom is 0.346 e. The van der Waals surface area contributed by atoms with Crippen molar-refractivity contribution in [3.8, 4) is 0 Å². The maximum atomic E-state index is 12.6. The molecular weight excluding hydrogens is 290 g/mol. The van der Waals surface area contributed by atoms with E-state index in [9.17, 15) is 13.6 Å². The highest BCUT2D eigenvalue weighted by atomic mass is 19.3. The number of rotatable bonds is 8. The van der Waals surface area contributed by atoms with Gasteiger partial charge in [0.1, 0.15) is 6.33 Å². The molecule has 1 rings (SSSR count). The molecule has 5 nitrogen and oxygen atoms in total. The van der Waals surface area contributed by atoms with Crippen LogP contribution in [0, 0.1) is 5.92 Å². The Labute approximate surface area is 128 Å². The Kier molecular flexibility index (Phi) is 6.91. The monoisotopic (exact) mass is 312 g/mol. The molecular formula is C15H22F2N4O. The molecule has 0 saturated heterocycles. The summed E-state index contributed by atoms with van der Waals surface area (Å²) < 4.78 is 27.5. The van der Waals surface area contributed by atoms with Gasteiger partial charge < -0.3 is 5.73 Å². The molecule has 0 amide bonds. The lowest BCUT2D eigenvalue weighted by molar-refractivity contribution is 0.400. The van der Waals surface area contributed by atoms with Gasteiger partial charge in [0.05, 0.1) is 13.1 Å². The van der Waals surface area contributed by atoms with E-state index in [0.717, 1.165) is 16.7 Å². The molecule has 22 heavy (non-hydrogen) atoms. The summed E-state index contributed by atoms with van der Waals surface area (Å²) in [4.78, 5) is 12.1. The van der Waals surface area contributed by atoms with E-state index in [1.54, 1.807) is 6.08 Å². The van der Waals surface area contributed by atoms with E-state index >= 15 is 0 Å². The first-order valence-corrected chi connectivity index (χ1v) is 7.05. The SMILES string of the molecule is C=C/C(=C\CC(C)C)Cn1cnn(CC(CN)=C(F)F)c1=O. The van der Waals surface area contributed by atoms with Crippen LogP contribution in [0.25, 0.3) is 0 Å². The molecule has 1 aromatic heterocycles. The zero-order chi connectivity index (χ0) is 16.7. The minimum Gasteiger partial charge on any atom is -0.327 e. The second-order valence-corrected chi connectivity index (χ2v) is 5.38. The molecule has 0 aliphatic heterocycles. The Hall–Kier alpha value is -2.02. The Balaban J connectivity index is 2.92. The van der Waals surface area contributed by atoms with Crippen LogP contribution in [-0.2, 0) is 13.1 Å². The average Bonchev–Trinajstić information content (AvgIpc) is 2.80. The van der Waals surface area contributed by atoms with Gasteiger partial charge in [-0.3, -0.25) is 4.57 Å². The molecule has 2 N–H and O–H groups in total. The Morgan fingerprint density at radius 2 is 2.14 bits per heavy atom. The van der Waals surface area contributed by atoms with Gasteiger partial charge in [0, 0.05) is 12.1 Å². The zero-order valence-corrected chi connectivity index (χ0v) is 12.9. The number of nitrogens with two attached hydrogens (primary N) is 1. The highest BCUT2D eigenvalue weighted by Crippen LogP contribution is 2.09. The van der Waals surface area contributed by atoms with Gasteiger partial charge in [-0.05, 0) is 17.9 Å². The number of aromatic nitrogens is 3. The first-order valence-electron chi connectivity index (χ1n) is 7.05. The fraction of sp³-hybridized carbons (Fsp3) is 0.467. The summed E-state index contributed by atoms with van der Waals surface area (Å²) in [6, 6.07) is 0. The van der Waals surface area contributed by atoms with Gasteiger partial charge in [-0.15, -0.1) is 0 Å². The highest BCUT2D eigenvalue weighted by Gasteiger charge is 2.11. The number of hydrogen-bond donors (Lipinski definition) is 1. The van der Waals surface area contributed by atoms with Crippen LogP contribution in [0.2, 0.25) is 0 Å². The lowest BCUT2D eigenvalue weighted by Gasteiger charge is -2.05. The van der Waals surface area contributed by atoms with Crippen molar-refractivity contribution in [1.82, 2.24) is 14.3 Å². The molecule has 0 aliphatic carbocycles. The summed E-state index contributed by atoms with van der Waals surface area (Å²) in [5.74, 6) is 0.499. The van der Waals surface area contributed by atoms with Crippen LogP contribution in [0.5, 0.6) is 0 Å². The Morgan fingerprint density at radius 1 is 1.45 bits per heavy atom. The van der Waals surface area contributed by atoms with E-state index in [2.05, 4.69) is 25.5 Å². The van der Waals surface area contributed by atoms with Crippen molar-refractivity contribution in [1.29, 1.82) is 0 Å². The van der Waals surface area contributed by atoms with Gasteiger partial charge in [0.2, 0.25) is 0 Å². The molecule has 0 fully saturated rings. The standard InChI is InChI=1S/C15H22F2N4O/c1-4-12(6-5-11(2)3)8-20-10-19-21(15(20)22)9-13(7-18)14(16)17/h4,6,10-11H,1,5,7-9,18H2,2-3H3/b12-6+. The minimum absolute atomic E-state index is 0.299. The molecule has 0 bridgehead atoms. The van der Waals surface area contributed by atoms with E-state index in [0.29, 0.717) is 12.5 Å². The van der Waals surface area contributed by atoms with Crippen molar-refractivity contribution in [2.45, 2.75) is 33.4 Å². The lowest BCUT2D eigenvalue weighted by Crippen LogP contribution is -2.27. The average molecular weight is 312 g/mol. The largest absolute Gasteiger partial charge is 0.346 e. The molecule has 0 aromatic carbocycles. The van der Waals surface area contributed by atoms with Gasteiger partial charge in [0.15, 0.2) is 0 Å². The Morgan fingerprint density at radius 3 is 2.64 bits per heavy atom. The van der Waals surface area contributed by atoms with Gasteiger partial charge >= 0.3 is 5.69 Å². The summed E-state index contributed by atoms with van der Waals surface area (Å²) in [6.07, 6.45) is 4.02. The summed E-state index contributed by atoms with van der Waals surface area (Å²) in [7, 11) is 0. The molecule has 1 heterocycles. The molecule has 7 heteroatoms. The van der Waals surface area contributed by atoms with Crippen molar-refractivity contribution >= 4 is 0 Å². The number of hydrogen-bond acceptors (Lipinski definition) is 3. The van der Waals surface area contributed by atoms with E-state index < -0.39 is 11.8 Å². The molecule has 1 aromatic rings. The van der Waals surface area contributed by atoms with Crippen LogP contribution >= 0.6 is 0 Å². The van der Waals surface area contributed by atoms with E-state index in [1.165, 1.54) is 10.9 Å². The van der Waals surface area contributed by atoms with Crippen LogP contribution in [0.3, 0.4) is 0 Å². The third-order valence-corrected chi connectivity index (χ3v) is 3.12. The number of nitrogens with zero attached hydrogens (tertiary/aromatic N) is 3. The quantitative estimate of drug-likeness (QED) is 0.749.